The van der Waals surface area contributed by atoms with Crippen molar-refractivity contribution in [1.29, 1.82) is 0 Å². The number of carbonyl (C=O) groups is 1. The Morgan fingerprint density at radius 3 is 2.71 bits per heavy atom. The third-order valence-corrected chi connectivity index (χ3v) is 8.08. The minimum Gasteiger partial charge on any atom is -0.495 e. The number of likely N-dealkylation sites (tertiary alicyclic amines) is 1. The number of morpholine rings is 1. The zero-order valence-corrected chi connectivity index (χ0v) is 22.4. The fourth-order valence-corrected chi connectivity index (χ4v) is 6.13. The van der Waals surface area contributed by atoms with Crippen LogP contribution in [0.25, 0.3) is 11.8 Å². The van der Waals surface area contributed by atoms with Crippen molar-refractivity contribution in [3.05, 3.63) is 76.9 Å². The number of hydrogen-bond acceptors (Lipinski definition) is 5. The quantitative estimate of drug-likeness (QED) is 0.445. The maximum atomic E-state index is 13.8. The lowest BCUT2D eigenvalue weighted by Gasteiger charge is -2.39. The van der Waals surface area contributed by atoms with Gasteiger partial charge in [-0.3, -0.25) is 4.79 Å². The summed E-state index contributed by atoms with van der Waals surface area (Å²) < 4.78 is 13.2. The van der Waals surface area contributed by atoms with E-state index in [1.807, 2.05) is 35.9 Å². The van der Waals surface area contributed by atoms with Gasteiger partial charge >= 0.3 is 0 Å². The van der Waals surface area contributed by atoms with Gasteiger partial charge in [-0.05, 0) is 86.1 Å². The number of nitrogens with zero attached hydrogens (tertiary/aromatic N) is 4. The van der Waals surface area contributed by atoms with Crippen LogP contribution in [-0.2, 0) is 16.0 Å². The van der Waals surface area contributed by atoms with Crippen LogP contribution < -0.4 is 9.64 Å². The van der Waals surface area contributed by atoms with E-state index in [1.165, 1.54) is 16.8 Å². The molecule has 1 aromatic heterocycles. The molecule has 1 aliphatic carbocycles. The van der Waals surface area contributed by atoms with Crippen LogP contribution >= 0.6 is 0 Å². The first-order valence-corrected chi connectivity index (χ1v) is 13.8. The average Bonchev–Trinajstić information content (AvgIpc) is 3.40. The van der Waals surface area contributed by atoms with Crippen molar-refractivity contribution in [3.63, 3.8) is 0 Å². The highest BCUT2D eigenvalue weighted by Gasteiger charge is 2.33. The molecular weight excluding hydrogens is 476 g/mol. The molecule has 1 amide bonds. The SMILES string of the molecule is COc1cc(C=C2CCCN(C3CCCc4cc(N5CCOCC5)ccc43)C2=O)ccc1-n1cnc(C)c1. The van der Waals surface area contributed by atoms with Crippen molar-refractivity contribution in [2.24, 2.45) is 0 Å². The molecule has 3 aliphatic rings. The Hall–Kier alpha value is -3.58. The maximum absolute atomic E-state index is 13.8. The van der Waals surface area contributed by atoms with E-state index in [0.29, 0.717) is 0 Å². The number of carbonyl (C=O) groups excluding carboxylic acids is 1. The summed E-state index contributed by atoms with van der Waals surface area (Å²) in [5.41, 5.74) is 7.73. The minimum atomic E-state index is 0.148. The summed E-state index contributed by atoms with van der Waals surface area (Å²) in [6, 6.07) is 13.1. The van der Waals surface area contributed by atoms with Crippen LogP contribution in [0, 0.1) is 6.92 Å². The van der Waals surface area contributed by atoms with E-state index in [9.17, 15) is 4.79 Å². The number of rotatable bonds is 5. The molecule has 7 heteroatoms. The van der Waals surface area contributed by atoms with Crippen molar-refractivity contribution in [1.82, 2.24) is 14.5 Å². The van der Waals surface area contributed by atoms with Crippen molar-refractivity contribution >= 4 is 17.7 Å². The number of methoxy groups -OCH3 is 1. The summed E-state index contributed by atoms with van der Waals surface area (Å²) >= 11 is 0. The number of amides is 1. The van der Waals surface area contributed by atoms with Crippen molar-refractivity contribution < 1.29 is 14.3 Å². The first-order valence-electron chi connectivity index (χ1n) is 13.8. The topological polar surface area (TPSA) is 59.8 Å². The second kappa shape index (κ2) is 10.7. The summed E-state index contributed by atoms with van der Waals surface area (Å²) in [7, 11) is 1.68. The molecule has 7 nitrogen and oxygen atoms in total. The zero-order chi connectivity index (χ0) is 26.1. The van der Waals surface area contributed by atoms with Gasteiger partial charge in [-0.25, -0.2) is 4.98 Å². The van der Waals surface area contributed by atoms with Gasteiger partial charge in [0.15, 0.2) is 0 Å². The number of piperidine rings is 1. The predicted molar refractivity (Wildman–Crippen MR) is 149 cm³/mol. The maximum Gasteiger partial charge on any atom is 0.250 e. The molecule has 1 unspecified atom stereocenters. The number of imidazole rings is 1. The van der Waals surface area contributed by atoms with E-state index in [-0.39, 0.29) is 11.9 Å². The molecule has 1 atom stereocenters. The number of ether oxygens (including phenoxy) is 2. The molecule has 0 radical (unpaired) electrons. The summed E-state index contributed by atoms with van der Waals surface area (Å²) in [5.74, 6) is 0.925. The fourth-order valence-electron chi connectivity index (χ4n) is 6.13. The lowest BCUT2D eigenvalue weighted by Crippen LogP contribution is -2.41. The first-order chi connectivity index (χ1) is 18.6. The molecule has 2 saturated heterocycles. The predicted octanol–water partition coefficient (Wildman–Crippen LogP) is 5.11. The Kier molecular flexibility index (Phi) is 6.94. The number of anilines is 1. The van der Waals surface area contributed by atoms with Gasteiger partial charge in [0.05, 0.1) is 44.1 Å². The Balaban J connectivity index is 1.24. The van der Waals surface area contributed by atoms with E-state index in [4.69, 9.17) is 9.47 Å². The first kappa shape index (κ1) is 24.7. The third kappa shape index (κ3) is 4.83. The van der Waals surface area contributed by atoms with E-state index >= 15 is 0 Å². The molecular formula is C31H36N4O3. The molecule has 198 valence electrons. The Morgan fingerprint density at radius 2 is 1.92 bits per heavy atom. The summed E-state index contributed by atoms with van der Waals surface area (Å²) in [4.78, 5) is 22.7. The summed E-state index contributed by atoms with van der Waals surface area (Å²) in [5, 5.41) is 0. The van der Waals surface area contributed by atoms with Crippen LogP contribution in [0.3, 0.4) is 0 Å². The second-order valence-corrected chi connectivity index (χ2v) is 10.5. The standard InChI is InChI=1S/C31H36N4O3/c1-22-20-34(21-32-22)29-11-8-23(18-30(29)37-2)17-25-6-4-12-35(31(25)36)28-7-3-5-24-19-26(9-10-27(24)28)33-13-15-38-16-14-33/h8-11,17-21,28H,3-7,12-16H2,1-2H3. The van der Waals surface area contributed by atoms with E-state index in [0.717, 1.165) is 93.2 Å². The number of hydrogen-bond donors (Lipinski definition) is 0. The number of fused-ring (bicyclic) bond motifs is 1. The molecule has 0 saturated carbocycles. The van der Waals surface area contributed by atoms with Gasteiger partial charge in [-0.1, -0.05) is 12.1 Å². The molecule has 6 rings (SSSR count). The molecule has 38 heavy (non-hydrogen) atoms. The number of aromatic nitrogens is 2. The molecule has 3 heterocycles. The minimum absolute atomic E-state index is 0.148. The van der Waals surface area contributed by atoms with Crippen LogP contribution in [0.2, 0.25) is 0 Å². The molecule has 2 fully saturated rings. The highest BCUT2D eigenvalue weighted by Crippen LogP contribution is 2.39. The Morgan fingerprint density at radius 1 is 1.05 bits per heavy atom. The van der Waals surface area contributed by atoms with E-state index in [2.05, 4.69) is 39.0 Å². The molecule has 2 aromatic carbocycles. The largest absolute Gasteiger partial charge is 0.495 e. The summed E-state index contributed by atoms with van der Waals surface area (Å²) in [6.07, 6.45) is 10.8. The van der Waals surface area contributed by atoms with Crippen LogP contribution in [-0.4, -0.2) is 60.3 Å². The average molecular weight is 513 g/mol. The van der Waals surface area contributed by atoms with Crippen LogP contribution in [0.5, 0.6) is 5.75 Å². The van der Waals surface area contributed by atoms with Gasteiger partial charge < -0.3 is 23.8 Å². The summed E-state index contributed by atoms with van der Waals surface area (Å²) in [6.45, 7) is 6.23. The Bertz CT molecular complexity index is 1350. The smallest absolute Gasteiger partial charge is 0.250 e. The lowest BCUT2D eigenvalue weighted by molar-refractivity contribution is -0.131. The van der Waals surface area contributed by atoms with Gasteiger partial charge in [0.1, 0.15) is 5.75 Å². The van der Waals surface area contributed by atoms with E-state index in [1.54, 1.807) is 13.4 Å². The van der Waals surface area contributed by atoms with Gasteiger partial charge in [0.25, 0.3) is 0 Å². The van der Waals surface area contributed by atoms with Crippen LogP contribution in [0.1, 0.15) is 54.1 Å². The second-order valence-electron chi connectivity index (χ2n) is 10.5. The zero-order valence-electron chi connectivity index (χ0n) is 22.4. The fraction of sp³-hybridized carbons (Fsp3) is 0.419. The number of aryl methyl sites for hydroxylation is 2. The third-order valence-electron chi connectivity index (χ3n) is 8.08. The molecule has 0 spiro atoms. The normalized spacial score (nSPS) is 21.1. The van der Waals surface area contributed by atoms with Gasteiger partial charge in [0, 0.05) is 37.1 Å². The highest BCUT2D eigenvalue weighted by atomic mass is 16.5. The van der Waals surface area contributed by atoms with Crippen molar-refractivity contribution in [2.75, 3.05) is 44.9 Å². The van der Waals surface area contributed by atoms with Crippen LogP contribution in [0.4, 0.5) is 5.69 Å². The molecule has 2 aliphatic heterocycles. The van der Waals surface area contributed by atoms with Crippen molar-refractivity contribution in [2.45, 2.75) is 45.1 Å². The van der Waals surface area contributed by atoms with Gasteiger partial charge in [-0.2, -0.15) is 0 Å². The lowest BCUT2D eigenvalue weighted by atomic mass is 9.85. The highest BCUT2D eigenvalue weighted by molar-refractivity contribution is 5.99. The van der Waals surface area contributed by atoms with Crippen LogP contribution in [0.15, 0.2) is 54.5 Å². The van der Waals surface area contributed by atoms with Gasteiger partial charge in [0.2, 0.25) is 5.91 Å². The van der Waals surface area contributed by atoms with E-state index < -0.39 is 0 Å². The molecule has 0 N–H and O–H groups in total. The molecule has 0 bridgehead atoms. The van der Waals surface area contributed by atoms with Gasteiger partial charge in [-0.15, -0.1) is 0 Å². The number of benzene rings is 2. The Labute approximate surface area is 224 Å². The van der Waals surface area contributed by atoms with Crippen molar-refractivity contribution in [3.8, 4) is 11.4 Å². The molecule has 3 aromatic rings. The monoisotopic (exact) mass is 512 g/mol.